The molecule has 0 unspecified atom stereocenters. The van der Waals surface area contributed by atoms with Gasteiger partial charge in [-0.05, 0) is 24.1 Å². The van der Waals surface area contributed by atoms with E-state index >= 15 is 0 Å². The van der Waals surface area contributed by atoms with Crippen molar-refractivity contribution in [2.45, 2.75) is 18.6 Å². The number of carbonyl (C=O) groups excluding carboxylic acids is 1. The Bertz CT molecular complexity index is 1410. The van der Waals surface area contributed by atoms with E-state index in [1.54, 1.807) is 47.8 Å². The van der Waals surface area contributed by atoms with Crippen LogP contribution in [0.5, 0.6) is 0 Å². The van der Waals surface area contributed by atoms with Crippen LogP contribution in [0, 0.1) is 0 Å². The van der Waals surface area contributed by atoms with Crippen molar-refractivity contribution in [1.82, 2.24) is 4.98 Å². The first kappa shape index (κ1) is 21.9. The summed E-state index contributed by atoms with van der Waals surface area (Å²) in [5.41, 5.74) is 1.44. The lowest BCUT2D eigenvalue weighted by Crippen LogP contribution is -2.15. The molecule has 0 aliphatic carbocycles. The van der Waals surface area contributed by atoms with Gasteiger partial charge in [-0.15, -0.1) is 11.3 Å². The van der Waals surface area contributed by atoms with E-state index in [0.29, 0.717) is 22.0 Å². The Balaban J connectivity index is 1.34. The van der Waals surface area contributed by atoms with Gasteiger partial charge in [-0.3, -0.25) is 4.79 Å². The monoisotopic (exact) mass is 468 g/mol. The summed E-state index contributed by atoms with van der Waals surface area (Å²) < 4.78 is 29.8. The number of benzene rings is 2. The minimum absolute atomic E-state index is 0.0420. The molecule has 2 aromatic heterocycles. The molecule has 2 heterocycles. The van der Waals surface area contributed by atoms with E-state index in [-0.39, 0.29) is 30.3 Å². The Hall–Kier alpha value is -3.30. The number of anilines is 1. The second-order valence-corrected chi connectivity index (χ2v) is 10.3. The van der Waals surface area contributed by atoms with Gasteiger partial charge in [-0.1, -0.05) is 48.5 Å². The molecule has 1 N–H and O–H groups in total. The number of hydrogen-bond donors (Lipinski definition) is 1. The Kier molecular flexibility index (Phi) is 6.48. The van der Waals surface area contributed by atoms with E-state index in [4.69, 9.17) is 4.42 Å². The molecule has 7 nitrogen and oxygen atoms in total. The Morgan fingerprint density at radius 1 is 1.06 bits per heavy atom. The van der Waals surface area contributed by atoms with Crippen molar-refractivity contribution in [3.05, 3.63) is 82.0 Å². The van der Waals surface area contributed by atoms with Crippen molar-refractivity contribution in [2.75, 3.05) is 11.1 Å². The highest BCUT2D eigenvalue weighted by atomic mass is 32.2. The van der Waals surface area contributed by atoms with Crippen molar-refractivity contribution in [2.24, 2.45) is 0 Å². The lowest BCUT2D eigenvalue weighted by atomic mass is 10.1. The quantitative estimate of drug-likeness (QED) is 0.388. The normalized spacial score (nSPS) is 11.5. The van der Waals surface area contributed by atoms with E-state index in [0.717, 1.165) is 10.9 Å². The summed E-state index contributed by atoms with van der Waals surface area (Å²) in [5, 5.41) is 5.45. The largest absolute Gasteiger partial charge is 0.422 e. The summed E-state index contributed by atoms with van der Waals surface area (Å²) >= 11 is 1.19. The van der Waals surface area contributed by atoms with Crippen LogP contribution in [0.15, 0.2) is 75.3 Å². The lowest BCUT2D eigenvalue weighted by molar-refractivity contribution is -0.116. The third kappa shape index (κ3) is 5.49. The van der Waals surface area contributed by atoms with Crippen molar-refractivity contribution in [3.63, 3.8) is 0 Å². The summed E-state index contributed by atoms with van der Waals surface area (Å²) in [4.78, 5) is 28.8. The Morgan fingerprint density at radius 3 is 2.62 bits per heavy atom. The number of carbonyl (C=O) groups is 1. The second-order valence-electron chi connectivity index (χ2n) is 7.25. The number of rotatable bonds is 8. The number of sulfone groups is 1. The number of thiazole rings is 1. The maximum Gasteiger partial charge on any atom is 0.345 e. The van der Waals surface area contributed by atoms with Gasteiger partial charge in [-0.2, -0.15) is 0 Å². The molecule has 0 bridgehead atoms. The number of para-hydroxylation sites is 1. The van der Waals surface area contributed by atoms with Gasteiger partial charge in [0.2, 0.25) is 5.91 Å². The second kappa shape index (κ2) is 9.46. The number of hydrogen-bond acceptors (Lipinski definition) is 7. The molecule has 0 fully saturated rings. The highest BCUT2D eigenvalue weighted by Crippen LogP contribution is 2.25. The SMILES string of the molecule is O=C(CCCS(=O)(=O)Cc1ccccc1)Nc1nc(-c2cc3ccccc3oc2=O)cs1. The minimum Gasteiger partial charge on any atom is -0.422 e. The van der Waals surface area contributed by atoms with E-state index in [2.05, 4.69) is 10.3 Å². The zero-order chi connectivity index (χ0) is 22.6. The molecule has 4 aromatic rings. The number of aromatic nitrogens is 1. The molecule has 0 saturated carbocycles. The molecule has 164 valence electrons. The van der Waals surface area contributed by atoms with Crippen LogP contribution in [0.3, 0.4) is 0 Å². The van der Waals surface area contributed by atoms with E-state index in [9.17, 15) is 18.0 Å². The number of nitrogens with one attached hydrogen (secondary N) is 1. The summed E-state index contributed by atoms with van der Waals surface area (Å²) in [6.07, 6.45) is 0.272. The topological polar surface area (TPSA) is 106 Å². The molecule has 0 saturated heterocycles. The molecule has 2 aromatic carbocycles. The zero-order valence-electron chi connectivity index (χ0n) is 17.0. The highest BCUT2D eigenvalue weighted by Gasteiger charge is 2.15. The first-order valence-corrected chi connectivity index (χ1v) is 12.6. The van der Waals surface area contributed by atoms with Crippen molar-refractivity contribution >= 4 is 43.2 Å². The van der Waals surface area contributed by atoms with Gasteiger partial charge in [0, 0.05) is 17.2 Å². The molecule has 0 aliphatic heterocycles. The summed E-state index contributed by atoms with van der Waals surface area (Å²) in [7, 11) is -3.30. The van der Waals surface area contributed by atoms with E-state index in [1.807, 2.05) is 18.2 Å². The average molecular weight is 469 g/mol. The van der Waals surface area contributed by atoms with Crippen LogP contribution >= 0.6 is 11.3 Å². The fourth-order valence-electron chi connectivity index (χ4n) is 3.23. The lowest BCUT2D eigenvalue weighted by Gasteiger charge is -2.05. The molecule has 0 radical (unpaired) electrons. The smallest absolute Gasteiger partial charge is 0.345 e. The third-order valence-electron chi connectivity index (χ3n) is 4.76. The Morgan fingerprint density at radius 2 is 1.81 bits per heavy atom. The predicted molar refractivity (Wildman–Crippen MR) is 125 cm³/mol. The maximum absolute atomic E-state index is 12.3. The predicted octanol–water partition coefficient (Wildman–Crippen LogP) is 4.25. The molecule has 0 spiro atoms. The van der Waals surface area contributed by atoms with Crippen LogP contribution in [0.1, 0.15) is 18.4 Å². The zero-order valence-corrected chi connectivity index (χ0v) is 18.6. The van der Waals surface area contributed by atoms with Gasteiger partial charge >= 0.3 is 5.63 Å². The molecule has 0 aliphatic rings. The summed E-state index contributed by atoms with van der Waals surface area (Å²) in [6.45, 7) is 0. The van der Waals surface area contributed by atoms with Gasteiger partial charge in [0.25, 0.3) is 0 Å². The highest BCUT2D eigenvalue weighted by molar-refractivity contribution is 7.90. The van der Waals surface area contributed by atoms with Crippen molar-refractivity contribution < 1.29 is 17.6 Å². The first-order valence-electron chi connectivity index (χ1n) is 9.93. The average Bonchev–Trinajstić information content (AvgIpc) is 3.21. The van der Waals surface area contributed by atoms with Gasteiger partial charge in [0.15, 0.2) is 15.0 Å². The molecule has 1 amide bonds. The number of fused-ring (bicyclic) bond motifs is 1. The van der Waals surface area contributed by atoms with Crippen LogP contribution < -0.4 is 10.9 Å². The fourth-order valence-corrected chi connectivity index (χ4v) is 5.39. The van der Waals surface area contributed by atoms with Gasteiger partial charge in [0.05, 0.1) is 22.8 Å². The van der Waals surface area contributed by atoms with Crippen molar-refractivity contribution in [3.8, 4) is 11.3 Å². The number of nitrogens with zero attached hydrogens (tertiary/aromatic N) is 1. The van der Waals surface area contributed by atoms with Gasteiger partial charge < -0.3 is 9.73 Å². The summed E-state index contributed by atoms with van der Waals surface area (Å²) in [5.74, 6) is -0.442. The molecule has 32 heavy (non-hydrogen) atoms. The van der Waals surface area contributed by atoms with Crippen LogP contribution in [0.2, 0.25) is 0 Å². The van der Waals surface area contributed by atoms with Crippen molar-refractivity contribution in [1.29, 1.82) is 0 Å². The molecular weight excluding hydrogens is 448 g/mol. The molecule has 9 heteroatoms. The Labute approximate surface area is 188 Å². The van der Waals surface area contributed by atoms with Crippen LogP contribution in [-0.4, -0.2) is 25.1 Å². The molecule has 0 atom stereocenters. The van der Waals surface area contributed by atoms with E-state index in [1.165, 1.54) is 11.3 Å². The minimum atomic E-state index is -3.30. The van der Waals surface area contributed by atoms with Gasteiger partial charge in [0.1, 0.15) is 5.58 Å². The molecule has 4 rings (SSSR count). The first-order chi connectivity index (χ1) is 15.4. The standard InChI is InChI=1S/C23H20N2O5S2/c26-21(11-6-12-32(28,29)15-16-7-2-1-3-8-16)25-23-24-19(14-31-23)18-13-17-9-4-5-10-20(17)30-22(18)27/h1-5,7-10,13-14H,6,11-12,15H2,(H,24,25,26). The fraction of sp³-hybridized carbons (Fsp3) is 0.174. The van der Waals surface area contributed by atoms with Crippen LogP contribution in [-0.2, 0) is 20.4 Å². The van der Waals surface area contributed by atoms with Gasteiger partial charge in [-0.25, -0.2) is 18.2 Å². The number of amides is 1. The van der Waals surface area contributed by atoms with E-state index < -0.39 is 15.5 Å². The molecular formula is C23H20N2O5S2. The van der Waals surface area contributed by atoms with Crippen LogP contribution in [0.4, 0.5) is 5.13 Å². The van der Waals surface area contributed by atoms with Crippen LogP contribution in [0.25, 0.3) is 22.2 Å². The summed E-state index contributed by atoms with van der Waals surface area (Å²) in [6, 6.07) is 17.8. The third-order valence-corrected chi connectivity index (χ3v) is 7.20. The maximum atomic E-state index is 12.3.